The third kappa shape index (κ3) is 2.16. The third-order valence-electron chi connectivity index (χ3n) is 3.03. The molecule has 3 aromatic rings. The predicted octanol–water partition coefficient (Wildman–Crippen LogP) is 2.48. The summed E-state index contributed by atoms with van der Waals surface area (Å²) in [7, 11) is 0. The Morgan fingerprint density at radius 3 is 2.90 bits per heavy atom. The number of pyridine rings is 1. The fourth-order valence-corrected chi connectivity index (χ4v) is 2.06. The van der Waals surface area contributed by atoms with Gasteiger partial charge in [0, 0.05) is 47.8 Å². The summed E-state index contributed by atoms with van der Waals surface area (Å²) in [5, 5.41) is 22.2. The molecule has 0 radical (unpaired) electrons. The zero-order valence-electron chi connectivity index (χ0n) is 10.4. The van der Waals surface area contributed by atoms with Gasteiger partial charge in [0.15, 0.2) is 0 Å². The number of aromatic amines is 1. The average molecular weight is 269 g/mol. The minimum absolute atomic E-state index is 0.0574. The molecule has 0 aliphatic heterocycles. The fourth-order valence-electron chi connectivity index (χ4n) is 2.06. The van der Waals surface area contributed by atoms with Gasteiger partial charge in [-0.2, -0.15) is 5.10 Å². The van der Waals surface area contributed by atoms with Crippen molar-refractivity contribution in [3.63, 3.8) is 0 Å². The van der Waals surface area contributed by atoms with Gasteiger partial charge in [-0.1, -0.05) is 0 Å². The van der Waals surface area contributed by atoms with E-state index in [0.717, 1.165) is 16.6 Å². The minimum Gasteiger partial charge on any atom is -0.380 e. The van der Waals surface area contributed by atoms with Crippen LogP contribution in [0.4, 0.5) is 11.4 Å². The summed E-state index contributed by atoms with van der Waals surface area (Å²) in [5.74, 6) is 0. The first-order chi connectivity index (χ1) is 9.75. The van der Waals surface area contributed by atoms with Gasteiger partial charge in [0.1, 0.15) is 0 Å². The van der Waals surface area contributed by atoms with Crippen LogP contribution in [-0.4, -0.2) is 20.1 Å². The molecule has 3 rings (SSSR count). The maximum atomic E-state index is 11.0. The number of aromatic nitrogens is 3. The summed E-state index contributed by atoms with van der Waals surface area (Å²) in [6, 6.07) is 4.96. The van der Waals surface area contributed by atoms with Crippen molar-refractivity contribution in [1.29, 1.82) is 0 Å². The highest BCUT2D eigenvalue weighted by Gasteiger charge is 2.14. The first-order valence-corrected chi connectivity index (χ1v) is 5.98. The summed E-state index contributed by atoms with van der Waals surface area (Å²) in [4.78, 5) is 14.6. The van der Waals surface area contributed by atoms with Crippen molar-refractivity contribution in [3.8, 4) is 0 Å². The zero-order chi connectivity index (χ0) is 13.9. The van der Waals surface area contributed by atoms with Crippen LogP contribution in [0.5, 0.6) is 0 Å². The van der Waals surface area contributed by atoms with E-state index in [4.69, 9.17) is 0 Å². The van der Waals surface area contributed by atoms with Crippen molar-refractivity contribution in [2.75, 3.05) is 5.32 Å². The molecular weight excluding hydrogens is 258 g/mol. The summed E-state index contributed by atoms with van der Waals surface area (Å²) >= 11 is 0. The Balaban J connectivity index is 1.99. The molecule has 2 aromatic heterocycles. The molecule has 0 unspecified atom stereocenters. The number of benzene rings is 1. The molecule has 20 heavy (non-hydrogen) atoms. The Bertz CT molecular complexity index is 755. The van der Waals surface area contributed by atoms with Gasteiger partial charge in [-0.05, 0) is 12.1 Å². The van der Waals surface area contributed by atoms with Crippen LogP contribution in [-0.2, 0) is 6.54 Å². The highest BCUT2D eigenvalue weighted by Crippen LogP contribution is 2.30. The molecule has 0 spiro atoms. The first-order valence-electron chi connectivity index (χ1n) is 5.98. The molecule has 0 atom stereocenters. The largest absolute Gasteiger partial charge is 0.380 e. The maximum Gasteiger partial charge on any atom is 0.278 e. The molecule has 0 saturated carbocycles. The number of hydrogen-bond acceptors (Lipinski definition) is 5. The lowest BCUT2D eigenvalue weighted by Gasteiger charge is -2.08. The summed E-state index contributed by atoms with van der Waals surface area (Å²) < 4.78 is 0. The number of H-pyrrole nitrogens is 1. The highest BCUT2D eigenvalue weighted by atomic mass is 16.6. The quantitative estimate of drug-likeness (QED) is 0.560. The van der Waals surface area contributed by atoms with Gasteiger partial charge in [0.05, 0.1) is 16.5 Å². The van der Waals surface area contributed by atoms with Crippen LogP contribution in [0.15, 0.2) is 43.0 Å². The van der Waals surface area contributed by atoms with Crippen LogP contribution in [0.1, 0.15) is 5.56 Å². The lowest BCUT2D eigenvalue weighted by atomic mass is 10.1. The molecule has 0 bridgehead atoms. The molecule has 0 amide bonds. The van der Waals surface area contributed by atoms with E-state index < -0.39 is 4.92 Å². The van der Waals surface area contributed by atoms with Gasteiger partial charge >= 0.3 is 0 Å². The number of nitrogens with one attached hydrogen (secondary N) is 2. The van der Waals surface area contributed by atoms with Crippen LogP contribution in [0.2, 0.25) is 0 Å². The van der Waals surface area contributed by atoms with Gasteiger partial charge < -0.3 is 5.32 Å². The number of fused-ring (bicyclic) bond motifs is 1. The van der Waals surface area contributed by atoms with Crippen LogP contribution < -0.4 is 5.32 Å². The molecule has 1 aromatic carbocycles. The average Bonchev–Trinajstić information content (AvgIpc) is 2.97. The van der Waals surface area contributed by atoms with Gasteiger partial charge in [-0.15, -0.1) is 0 Å². The summed E-state index contributed by atoms with van der Waals surface area (Å²) in [6.45, 7) is 0.589. The van der Waals surface area contributed by atoms with Crippen molar-refractivity contribution in [2.24, 2.45) is 0 Å². The Morgan fingerprint density at radius 1 is 1.25 bits per heavy atom. The monoisotopic (exact) mass is 269 g/mol. The van der Waals surface area contributed by atoms with Crippen LogP contribution >= 0.6 is 0 Å². The van der Waals surface area contributed by atoms with E-state index in [-0.39, 0.29) is 5.69 Å². The number of nitro groups is 1. The number of anilines is 1. The summed E-state index contributed by atoms with van der Waals surface area (Å²) in [5.41, 5.74) is 1.89. The van der Waals surface area contributed by atoms with E-state index in [1.807, 2.05) is 0 Å². The fraction of sp³-hybridized carbons (Fsp3) is 0.0769. The van der Waals surface area contributed by atoms with Crippen molar-refractivity contribution < 1.29 is 4.92 Å². The number of nitrogens with zero attached hydrogens (tertiary/aromatic N) is 3. The summed E-state index contributed by atoms with van der Waals surface area (Å²) in [6.07, 6.45) is 6.65. The van der Waals surface area contributed by atoms with Crippen molar-refractivity contribution in [3.05, 3.63) is 58.7 Å². The number of hydrogen-bond donors (Lipinski definition) is 2. The number of nitro benzene ring substituents is 1. The van der Waals surface area contributed by atoms with Gasteiger partial charge in [0.25, 0.3) is 5.69 Å². The minimum atomic E-state index is -0.399. The van der Waals surface area contributed by atoms with Crippen molar-refractivity contribution >= 4 is 22.1 Å². The molecule has 7 heteroatoms. The lowest BCUT2D eigenvalue weighted by molar-refractivity contribution is -0.383. The van der Waals surface area contributed by atoms with Crippen LogP contribution in [0.25, 0.3) is 10.8 Å². The second-order valence-corrected chi connectivity index (χ2v) is 4.27. The van der Waals surface area contributed by atoms with E-state index >= 15 is 0 Å². The second-order valence-electron chi connectivity index (χ2n) is 4.27. The Kier molecular flexibility index (Phi) is 3.00. The molecule has 2 heterocycles. The SMILES string of the molecule is O=[N+]([O-])c1ccc(NCc2cn[nH]c2)c2ccncc12. The zero-order valence-corrected chi connectivity index (χ0v) is 10.4. The van der Waals surface area contributed by atoms with Crippen molar-refractivity contribution in [1.82, 2.24) is 15.2 Å². The first kappa shape index (κ1) is 12.1. The third-order valence-corrected chi connectivity index (χ3v) is 3.03. The van der Waals surface area contributed by atoms with E-state index in [1.54, 1.807) is 30.7 Å². The second kappa shape index (κ2) is 4.96. The van der Waals surface area contributed by atoms with Gasteiger partial charge in [-0.3, -0.25) is 20.2 Å². The number of non-ortho nitro benzene ring substituents is 1. The maximum absolute atomic E-state index is 11.0. The molecule has 0 aliphatic rings. The Morgan fingerprint density at radius 2 is 2.15 bits per heavy atom. The van der Waals surface area contributed by atoms with E-state index in [9.17, 15) is 10.1 Å². The normalized spacial score (nSPS) is 10.6. The van der Waals surface area contributed by atoms with Crippen molar-refractivity contribution in [2.45, 2.75) is 6.54 Å². The van der Waals surface area contributed by atoms with Gasteiger partial charge in [0.2, 0.25) is 0 Å². The Hall–Kier alpha value is -2.96. The van der Waals surface area contributed by atoms with Crippen LogP contribution in [0.3, 0.4) is 0 Å². The van der Waals surface area contributed by atoms with E-state index in [0.29, 0.717) is 11.9 Å². The molecule has 100 valence electrons. The molecule has 2 N–H and O–H groups in total. The number of rotatable bonds is 4. The predicted molar refractivity (Wildman–Crippen MR) is 74.3 cm³/mol. The smallest absolute Gasteiger partial charge is 0.278 e. The van der Waals surface area contributed by atoms with E-state index in [1.165, 1.54) is 12.3 Å². The standard InChI is InChI=1S/C13H11N5O2/c19-18(20)13-2-1-12(10-3-4-14-8-11(10)13)15-5-9-6-16-17-7-9/h1-4,6-8,15H,5H2,(H,16,17). The lowest BCUT2D eigenvalue weighted by Crippen LogP contribution is -2.00. The molecule has 0 aliphatic carbocycles. The molecule has 7 nitrogen and oxygen atoms in total. The highest BCUT2D eigenvalue weighted by molar-refractivity contribution is 5.99. The Labute approximate surface area is 113 Å². The topological polar surface area (TPSA) is 96.7 Å². The molecule has 0 fully saturated rings. The molecule has 0 saturated heterocycles. The van der Waals surface area contributed by atoms with E-state index in [2.05, 4.69) is 20.5 Å². The van der Waals surface area contributed by atoms with Crippen LogP contribution in [0, 0.1) is 10.1 Å². The molecular formula is C13H11N5O2. The van der Waals surface area contributed by atoms with Gasteiger partial charge in [-0.25, -0.2) is 0 Å².